The second-order valence-corrected chi connectivity index (χ2v) is 8.65. The second-order valence-electron chi connectivity index (χ2n) is 8.65. The van der Waals surface area contributed by atoms with E-state index in [-0.39, 0.29) is 6.04 Å². The van der Waals surface area contributed by atoms with Crippen molar-refractivity contribution in [2.24, 2.45) is 0 Å². The van der Waals surface area contributed by atoms with Crippen LogP contribution in [0, 0.1) is 0 Å². The number of halogens is 1. The predicted octanol–water partition coefficient (Wildman–Crippen LogP) is 7.13. The lowest BCUT2D eigenvalue weighted by Crippen LogP contribution is -2.00. The molecule has 0 atom stereocenters. The van der Waals surface area contributed by atoms with Gasteiger partial charge in [0.25, 0.3) is 0 Å². The Kier molecular flexibility index (Phi) is 7.49. The van der Waals surface area contributed by atoms with Crippen molar-refractivity contribution < 1.29 is 13.9 Å². The summed E-state index contributed by atoms with van der Waals surface area (Å²) in [4.78, 5) is 8.61. The Morgan fingerprint density at radius 3 is 2.47 bits per heavy atom. The molecule has 0 aliphatic carbocycles. The zero-order valence-electron chi connectivity index (χ0n) is 20.6. The van der Waals surface area contributed by atoms with E-state index in [2.05, 4.69) is 35.0 Å². The highest BCUT2D eigenvalue weighted by atomic mass is 19.1. The fourth-order valence-corrected chi connectivity index (χ4v) is 3.86. The van der Waals surface area contributed by atoms with Crippen molar-refractivity contribution in [3.05, 3.63) is 109 Å². The monoisotopic (exact) mass is 484 g/mol. The van der Waals surface area contributed by atoms with Crippen LogP contribution in [0.15, 0.2) is 103 Å². The average molecular weight is 485 g/mol. The number of nitrogen functional groups attached to an aromatic ring is 1. The third-order valence-electron chi connectivity index (χ3n) is 5.53. The Hall–Kier alpha value is -4.39. The van der Waals surface area contributed by atoms with Crippen molar-refractivity contribution >= 4 is 16.9 Å². The number of nitrogens with zero attached hydrogens (tertiary/aromatic N) is 3. The summed E-state index contributed by atoms with van der Waals surface area (Å²) in [6.45, 7) is 9.58. The maximum absolute atomic E-state index is 13.5. The molecule has 0 saturated heterocycles. The van der Waals surface area contributed by atoms with Crippen LogP contribution in [-0.4, -0.2) is 14.5 Å². The summed E-state index contributed by atoms with van der Waals surface area (Å²) >= 11 is 0. The second kappa shape index (κ2) is 10.9. The van der Waals surface area contributed by atoms with Gasteiger partial charge in [0.15, 0.2) is 0 Å². The average Bonchev–Trinajstić information content (AvgIpc) is 3.25. The summed E-state index contributed by atoms with van der Waals surface area (Å²) in [6, 6.07) is 17.5. The van der Waals surface area contributed by atoms with Gasteiger partial charge >= 0.3 is 0 Å². The van der Waals surface area contributed by atoms with Gasteiger partial charge in [-0.05, 0) is 44.0 Å². The third-order valence-corrected chi connectivity index (χ3v) is 5.53. The minimum Gasteiger partial charge on any atom is -0.489 e. The van der Waals surface area contributed by atoms with Gasteiger partial charge < -0.3 is 19.8 Å². The normalized spacial score (nSPS) is 12.2. The van der Waals surface area contributed by atoms with E-state index in [0.29, 0.717) is 29.7 Å². The molecule has 2 aromatic heterocycles. The van der Waals surface area contributed by atoms with Crippen molar-refractivity contribution in [3.8, 4) is 16.9 Å². The number of aromatic nitrogens is 3. The first-order valence-electron chi connectivity index (χ1n) is 11.6. The molecule has 2 N–H and O–H groups in total. The molecule has 0 aliphatic heterocycles. The number of anilines is 1. The Bertz CT molecular complexity index is 1420. The lowest BCUT2D eigenvalue weighted by atomic mass is 10.1. The van der Waals surface area contributed by atoms with Gasteiger partial charge in [-0.1, -0.05) is 49.0 Å². The Morgan fingerprint density at radius 2 is 1.81 bits per heavy atom. The first kappa shape index (κ1) is 24.7. The molecule has 0 amide bonds. The zero-order chi connectivity index (χ0) is 25.7. The van der Waals surface area contributed by atoms with Gasteiger partial charge in [-0.3, -0.25) is 0 Å². The summed E-state index contributed by atoms with van der Waals surface area (Å²) in [5.41, 5.74) is 9.90. The third kappa shape index (κ3) is 5.81. The number of allylic oxidation sites excluding steroid dienone is 4. The van der Waals surface area contributed by atoms with Crippen LogP contribution in [0.2, 0.25) is 0 Å². The van der Waals surface area contributed by atoms with Crippen molar-refractivity contribution in [2.45, 2.75) is 33.4 Å². The molecule has 7 heteroatoms. The van der Waals surface area contributed by atoms with E-state index in [1.165, 1.54) is 12.4 Å². The molecule has 0 saturated carbocycles. The summed E-state index contributed by atoms with van der Waals surface area (Å²) in [6.07, 6.45) is 6.40. The molecule has 0 fully saturated rings. The molecular weight excluding hydrogens is 455 g/mol. The first-order valence-corrected chi connectivity index (χ1v) is 11.6. The van der Waals surface area contributed by atoms with Gasteiger partial charge in [0.05, 0.1) is 5.39 Å². The van der Waals surface area contributed by atoms with E-state index in [4.69, 9.17) is 15.2 Å². The summed E-state index contributed by atoms with van der Waals surface area (Å²) in [5, 5.41) is 0.827. The van der Waals surface area contributed by atoms with Gasteiger partial charge in [-0.2, -0.15) is 0 Å². The van der Waals surface area contributed by atoms with Crippen molar-refractivity contribution in [2.75, 3.05) is 5.73 Å². The SMILES string of the molecule is C=C(F)C=C(C=C(C)Oc1ccc(-c2cn(C(C)C)c3ncnc(N)c23)cc1)OCc1ccccc1. The molecule has 0 spiro atoms. The number of rotatable bonds is 9. The largest absolute Gasteiger partial charge is 0.489 e. The van der Waals surface area contributed by atoms with Crippen molar-refractivity contribution in [1.29, 1.82) is 0 Å². The smallest absolute Gasteiger partial charge is 0.146 e. The van der Waals surface area contributed by atoms with Crippen LogP contribution in [0.3, 0.4) is 0 Å². The number of hydrogen-bond donors (Lipinski definition) is 1. The van der Waals surface area contributed by atoms with E-state index < -0.39 is 5.83 Å². The molecule has 2 heterocycles. The minimum absolute atomic E-state index is 0.220. The van der Waals surface area contributed by atoms with Crippen LogP contribution in [-0.2, 0) is 11.3 Å². The lowest BCUT2D eigenvalue weighted by Gasteiger charge is -2.10. The fourth-order valence-electron chi connectivity index (χ4n) is 3.86. The Labute approximate surface area is 210 Å². The van der Waals surface area contributed by atoms with E-state index >= 15 is 0 Å². The summed E-state index contributed by atoms with van der Waals surface area (Å²) in [5.74, 6) is 1.33. The Morgan fingerprint density at radius 1 is 1.08 bits per heavy atom. The van der Waals surface area contributed by atoms with Crippen LogP contribution in [0.5, 0.6) is 5.75 Å². The van der Waals surface area contributed by atoms with Crippen LogP contribution < -0.4 is 10.5 Å². The maximum atomic E-state index is 13.5. The molecule has 0 bridgehead atoms. The van der Waals surface area contributed by atoms with Gasteiger partial charge in [0.2, 0.25) is 0 Å². The highest BCUT2D eigenvalue weighted by Gasteiger charge is 2.16. The number of nitrogens with two attached hydrogens (primary N) is 1. The summed E-state index contributed by atoms with van der Waals surface area (Å²) < 4.78 is 27.3. The van der Waals surface area contributed by atoms with E-state index in [0.717, 1.165) is 27.7 Å². The molecule has 0 unspecified atom stereocenters. The number of fused-ring (bicyclic) bond motifs is 1. The van der Waals surface area contributed by atoms with E-state index in [9.17, 15) is 4.39 Å². The first-order chi connectivity index (χ1) is 17.3. The van der Waals surface area contributed by atoms with Gasteiger partial charge in [-0.15, -0.1) is 0 Å². The van der Waals surface area contributed by atoms with Crippen LogP contribution in [0.4, 0.5) is 10.2 Å². The Balaban J connectivity index is 1.53. The molecule has 184 valence electrons. The van der Waals surface area contributed by atoms with Gasteiger partial charge in [-0.25, -0.2) is 14.4 Å². The molecule has 36 heavy (non-hydrogen) atoms. The highest BCUT2D eigenvalue weighted by Crippen LogP contribution is 2.35. The maximum Gasteiger partial charge on any atom is 0.146 e. The molecule has 6 nitrogen and oxygen atoms in total. The molecular formula is C29H29FN4O2. The van der Waals surface area contributed by atoms with Crippen LogP contribution in [0.25, 0.3) is 22.2 Å². The summed E-state index contributed by atoms with van der Waals surface area (Å²) in [7, 11) is 0. The fraction of sp³-hybridized carbons (Fsp3) is 0.172. The predicted molar refractivity (Wildman–Crippen MR) is 142 cm³/mol. The minimum atomic E-state index is -0.602. The lowest BCUT2D eigenvalue weighted by molar-refractivity contribution is 0.208. The van der Waals surface area contributed by atoms with E-state index in [1.54, 1.807) is 13.0 Å². The standard InChI is InChI=1S/C29H29FN4O2/c1-19(2)34-16-26(27-28(31)32-18-33-29(27)34)23-10-12-24(13-11-23)36-21(4)15-25(14-20(3)30)35-17-22-8-6-5-7-9-22/h5-16,18-19H,3,17H2,1-2,4H3,(H2,31,32,33). The number of hydrogen-bond acceptors (Lipinski definition) is 5. The van der Waals surface area contributed by atoms with Gasteiger partial charge in [0, 0.05) is 30.0 Å². The number of ether oxygens (including phenoxy) is 2. The number of benzene rings is 2. The van der Waals surface area contributed by atoms with Crippen LogP contribution >= 0.6 is 0 Å². The van der Waals surface area contributed by atoms with E-state index in [1.807, 2.05) is 60.8 Å². The zero-order valence-corrected chi connectivity index (χ0v) is 20.6. The van der Waals surface area contributed by atoms with Crippen molar-refractivity contribution in [3.63, 3.8) is 0 Å². The van der Waals surface area contributed by atoms with Crippen LogP contribution in [0.1, 0.15) is 32.4 Å². The van der Waals surface area contributed by atoms with Gasteiger partial charge in [0.1, 0.15) is 47.5 Å². The molecule has 4 aromatic rings. The highest BCUT2D eigenvalue weighted by molar-refractivity contribution is 6.00. The molecule has 0 radical (unpaired) electrons. The topological polar surface area (TPSA) is 75.2 Å². The molecule has 0 aliphatic rings. The quantitative estimate of drug-likeness (QED) is 0.202. The molecule has 2 aromatic carbocycles. The molecule has 4 rings (SSSR count). The van der Waals surface area contributed by atoms with Crippen molar-refractivity contribution in [1.82, 2.24) is 14.5 Å².